The van der Waals surface area contributed by atoms with E-state index in [1.54, 1.807) is 0 Å². The molecule has 7 heteroatoms. The van der Waals surface area contributed by atoms with Crippen LogP contribution in [0.15, 0.2) is 0 Å². The van der Waals surface area contributed by atoms with Crippen molar-refractivity contribution in [3.8, 4) is 0 Å². The van der Waals surface area contributed by atoms with Gasteiger partial charge in [0.1, 0.15) is 0 Å². The van der Waals surface area contributed by atoms with Crippen molar-refractivity contribution in [1.82, 2.24) is 0 Å². The second-order valence-electron chi connectivity index (χ2n) is 3.22. The Labute approximate surface area is 189 Å². The van der Waals surface area contributed by atoms with E-state index in [-0.39, 0.29) is 103 Å². The Balaban J connectivity index is -0.0000000945. The van der Waals surface area contributed by atoms with Crippen LogP contribution >= 0.6 is 0 Å². The van der Waals surface area contributed by atoms with Gasteiger partial charge in [0.05, 0.1) is 26.2 Å². The fraction of sp³-hybridized carbons (Fsp3) is 0.800. The molecule has 0 spiro atoms. The molecule has 0 saturated heterocycles. The predicted molar refractivity (Wildman–Crippen MR) is 72.0 cm³/mol. The van der Waals surface area contributed by atoms with E-state index in [0.717, 1.165) is 0 Å². The van der Waals surface area contributed by atoms with Crippen LogP contribution in [0.4, 0.5) is 0 Å². The topological polar surface area (TPSA) is 74.6 Å². The Kier molecular flexibility index (Phi) is 26.3. The van der Waals surface area contributed by atoms with E-state index in [4.69, 9.17) is 19.8 Å². The monoisotopic (exact) mass is 300 g/mol. The molecule has 0 saturated carbocycles. The van der Waals surface area contributed by atoms with Gasteiger partial charge in [-0.05, 0) is 27.7 Å². The number of hydrogen-bond donors (Lipinski definition) is 2. The Bertz CT molecular complexity index is 179. The molecule has 0 amide bonds. The summed E-state index contributed by atoms with van der Waals surface area (Å²) in [7, 11) is 0. The van der Waals surface area contributed by atoms with Gasteiger partial charge in [-0.15, -0.1) is 0 Å². The fourth-order valence-electron chi connectivity index (χ4n) is 1.34. The molecule has 0 rings (SSSR count). The van der Waals surface area contributed by atoms with Gasteiger partial charge in [-0.3, -0.25) is 0 Å². The van der Waals surface area contributed by atoms with Gasteiger partial charge < -0.3 is 14.7 Å². The van der Waals surface area contributed by atoms with Crippen LogP contribution in [0.25, 0.3) is 0 Å². The molecule has 0 aliphatic carbocycles. The molecule has 0 bridgehead atoms. The molecule has 0 fully saturated rings. The summed E-state index contributed by atoms with van der Waals surface area (Å²) in [4.78, 5) is 18.2. The van der Waals surface area contributed by atoms with Gasteiger partial charge in [-0.2, -0.15) is 0 Å². The van der Waals surface area contributed by atoms with Crippen molar-refractivity contribution in [2.75, 3.05) is 26.2 Å². The molecule has 2 N–H and O–H groups in total. The van der Waals surface area contributed by atoms with Crippen LogP contribution in [0.3, 0.4) is 0 Å². The number of aliphatic carboxylic acids is 2. The minimum atomic E-state index is -1.82. The van der Waals surface area contributed by atoms with Crippen molar-refractivity contribution >= 4 is 115 Å². The van der Waals surface area contributed by atoms with Crippen LogP contribution in [-0.2, 0) is 9.59 Å². The van der Waals surface area contributed by atoms with E-state index in [1.165, 1.54) is 30.7 Å². The van der Waals surface area contributed by atoms with Crippen molar-refractivity contribution in [3.05, 3.63) is 0 Å². The summed E-state index contributed by atoms with van der Waals surface area (Å²) in [6, 6.07) is 0. The summed E-state index contributed by atoms with van der Waals surface area (Å²) in [5.41, 5.74) is 0. The Morgan fingerprint density at radius 1 is 0.765 bits per heavy atom. The fourth-order valence-corrected chi connectivity index (χ4v) is 1.34. The molecule has 0 unspecified atom stereocenters. The van der Waals surface area contributed by atoms with Gasteiger partial charge in [0.15, 0.2) is 0 Å². The van der Waals surface area contributed by atoms with Gasteiger partial charge in [0, 0.05) is 0 Å². The van der Waals surface area contributed by atoms with Gasteiger partial charge in [-0.25, -0.2) is 9.59 Å². The first-order valence-electron chi connectivity index (χ1n) is 5.20. The first kappa shape index (κ1) is 27.5. The molecule has 94 valence electrons. The molecule has 0 aliphatic rings. The summed E-state index contributed by atoms with van der Waals surface area (Å²) >= 11 is 0. The van der Waals surface area contributed by atoms with Crippen molar-refractivity contribution in [3.63, 3.8) is 0 Å². The molecular weight excluding hydrogens is 276 g/mol. The van der Waals surface area contributed by atoms with E-state index < -0.39 is 11.9 Å². The maximum atomic E-state index is 9.10. The quantitative estimate of drug-likeness (QED) is 0.426. The summed E-state index contributed by atoms with van der Waals surface area (Å²) in [6.07, 6.45) is 0. The summed E-state index contributed by atoms with van der Waals surface area (Å²) in [5.74, 6) is -3.65. The van der Waals surface area contributed by atoms with E-state index in [0.29, 0.717) is 0 Å². The van der Waals surface area contributed by atoms with E-state index in [1.807, 2.05) is 0 Å². The third-order valence-corrected chi connectivity index (χ3v) is 2.87. The molecule has 0 aliphatic heterocycles. The van der Waals surface area contributed by atoms with Crippen molar-refractivity contribution in [1.29, 1.82) is 0 Å². The van der Waals surface area contributed by atoms with E-state index >= 15 is 0 Å². The zero-order chi connectivity index (χ0) is 12.5. The Morgan fingerprint density at radius 3 is 0.941 bits per heavy atom. The number of nitrogens with zero attached hydrogens (tertiary/aromatic N) is 1. The summed E-state index contributed by atoms with van der Waals surface area (Å²) in [6.45, 7) is 14.2. The molecule has 0 aromatic rings. The second kappa shape index (κ2) is 16.2. The Hall–Kier alpha value is 2.17. The zero-order valence-electron chi connectivity index (χ0n) is 9.99. The van der Waals surface area contributed by atoms with E-state index in [9.17, 15) is 0 Å². The van der Waals surface area contributed by atoms with Gasteiger partial charge in [-0.1, -0.05) is 0 Å². The van der Waals surface area contributed by atoms with Gasteiger partial charge in [0.25, 0.3) is 0 Å². The summed E-state index contributed by atoms with van der Waals surface area (Å²) < 4.78 is 1.28. The predicted octanol–water partition coefficient (Wildman–Crippen LogP) is -0.259. The van der Waals surface area contributed by atoms with Crippen molar-refractivity contribution in [2.24, 2.45) is 0 Å². The number of carboxylic acid groups (broad SMARTS) is 2. The molecular formula is C10H24K2NO4+. The molecule has 5 nitrogen and oxygen atoms in total. The maximum absolute atomic E-state index is 9.10. The molecule has 0 heterocycles. The average Bonchev–Trinajstić information content (AvgIpc) is 2.23. The Morgan fingerprint density at radius 2 is 0.941 bits per heavy atom. The zero-order valence-corrected chi connectivity index (χ0v) is 9.99. The molecule has 0 aromatic carbocycles. The van der Waals surface area contributed by atoms with Crippen LogP contribution in [0.1, 0.15) is 27.7 Å². The number of hydrogen-bond acceptors (Lipinski definition) is 2. The first-order valence-corrected chi connectivity index (χ1v) is 5.20. The number of carbonyl (C=O) groups is 2. The van der Waals surface area contributed by atoms with Crippen LogP contribution < -0.4 is 0 Å². The van der Waals surface area contributed by atoms with Crippen LogP contribution in [0.5, 0.6) is 0 Å². The third kappa shape index (κ3) is 14.4. The normalized spacial score (nSPS) is 8.94. The van der Waals surface area contributed by atoms with Crippen LogP contribution in [-0.4, -0.2) is 156 Å². The van der Waals surface area contributed by atoms with Crippen molar-refractivity contribution in [2.45, 2.75) is 27.7 Å². The molecule has 0 radical (unpaired) electrons. The molecule has 17 heavy (non-hydrogen) atoms. The number of rotatable bonds is 4. The number of carboxylic acids is 2. The van der Waals surface area contributed by atoms with Crippen LogP contribution in [0.2, 0.25) is 0 Å². The third-order valence-electron chi connectivity index (χ3n) is 2.87. The van der Waals surface area contributed by atoms with Gasteiger partial charge in [0.2, 0.25) is 0 Å². The average molecular weight is 301 g/mol. The molecule has 0 aromatic heterocycles. The minimum absolute atomic E-state index is 0. The number of quaternary nitrogens is 1. The van der Waals surface area contributed by atoms with Crippen molar-refractivity contribution < 1.29 is 24.3 Å². The van der Waals surface area contributed by atoms with Crippen LogP contribution in [0, 0.1) is 0 Å². The SMILES string of the molecule is CC[N+](CC)(CC)CC.O=C(O)C(=O)O.[KH].[KH]. The first-order chi connectivity index (χ1) is 6.89. The second-order valence-corrected chi connectivity index (χ2v) is 3.22. The summed E-state index contributed by atoms with van der Waals surface area (Å²) in [5, 5.41) is 14.8. The molecule has 0 atom stereocenters. The standard InChI is InChI=1S/C8H20N.C2H2O4.2K.2H/c1-5-9(6-2,7-3)8-4;3-1(4)2(5)6;;;;/h5-8H2,1-4H3;(H,3,4)(H,5,6);;;;/q+1;;;;;. The van der Waals surface area contributed by atoms with Gasteiger partial charge >= 0.3 is 115 Å². The van der Waals surface area contributed by atoms with E-state index in [2.05, 4.69) is 27.7 Å².